The van der Waals surface area contributed by atoms with Gasteiger partial charge in [-0.2, -0.15) is 0 Å². The lowest BCUT2D eigenvalue weighted by molar-refractivity contribution is -0.384. The third kappa shape index (κ3) is 3.64. The van der Waals surface area contributed by atoms with Crippen LogP contribution in [0.2, 0.25) is 0 Å². The third-order valence-electron chi connectivity index (χ3n) is 3.58. The van der Waals surface area contributed by atoms with Crippen molar-refractivity contribution in [3.05, 3.63) is 27.9 Å². The largest absolute Gasteiger partial charge is 0.393 e. The summed E-state index contributed by atoms with van der Waals surface area (Å²) in [6.45, 7) is 2.48. The van der Waals surface area contributed by atoms with Gasteiger partial charge in [-0.15, -0.1) is 0 Å². The quantitative estimate of drug-likeness (QED) is 0.644. The zero-order valence-electron chi connectivity index (χ0n) is 11.0. The molecule has 2 rings (SSSR count). The van der Waals surface area contributed by atoms with E-state index in [1.165, 1.54) is 6.07 Å². The second kappa shape index (κ2) is 5.97. The van der Waals surface area contributed by atoms with Gasteiger partial charge in [0.05, 0.1) is 11.0 Å². The first-order valence-electron chi connectivity index (χ1n) is 6.60. The average Bonchev–Trinajstić information content (AvgIpc) is 2.38. The first kappa shape index (κ1) is 13.7. The van der Waals surface area contributed by atoms with Gasteiger partial charge in [0.15, 0.2) is 0 Å². The molecule has 6 heteroatoms. The van der Waals surface area contributed by atoms with Gasteiger partial charge < -0.3 is 10.4 Å². The minimum atomic E-state index is -0.417. The van der Waals surface area contributed by atoms with Crippen LogP contribution in [0.5, 0.6) is 0 Å². The predicted molar refractivity (Wildman–Crippen MR) is 72.1 cm³/mol. The highest BCUT2D eigenvalue weighted by atomic mass is 16.6. The van der Waals surface area contributed by atoms with Crippen LogP contribution in [0.1, 0.15) is 31.4 Å². The molecule has 0 radical (unpaired) electrons. The lowest BCUT2D eigenvalue weighted by Crippen LogP contribution is -2.24. The van der Waals surface area contributed by atoms with Gasteiger partial charge in [-0.3, -0.25) is 10.1 Å². The number of nitro groups is 1. The van der Waals surface area contributed by atoms with Gasteiger partial charge in [-0.05, 0) is 44.6 Å². The smallest absolute Gasteiger partial charge is 0.311 e. The second-order valence-corrected chi connectivity index (χ2v) is 5.13. The highest BCUT2D eigenvalue weighted by molar-refractivity contribution is 5.56. The summed E-state index contributed by atoms with van der Waals surface area (Å²) in [5, 5.41) is 23.4. The number of nitrogens with zero attached hydrogens (tertiary/aromatic N) is 2. The number of pyridine rings is 1. The molecule has 1 saturated carbocycles. The number of hydrogen-bond donors (Lipinski definition) is 2. The average molecular weight is 265 g/mol. The van der Waals surface area contributed by atoms with E-state index in [1.807, 2.05) is 6.92 Å². The standard InChI is InChI=1S/C13H19N3O3/c1-9-2-7-12(16(18)19)13(15-9)14-8-10-3-5-11(17)6-4-10/h2,7,10-11,17H,3-6,8H2,1H3,(H,14,15). The van der Waals surface area contributed by atoms with Crippen molar-refractivity contribution in [1.29, 1.82) is 0 Å². The molecule has 1 fully saturated rings. The number of aromatic nitrogens is 1. The van der Waals surface area contributed by atoms with Crippen molar-refractivity contribution in [2.45, 2.75) is 38.7 Å². The Morgan fingerprint density at radius 2 is 2.11 bits per heavy atom. The molecule has 0 spiro atoms. The van der Waals surface area contributed by atoms with Crippen LogP contribution >= 0.6 is 0 Å². The van der Waals surface area contributed by atoms with Crippen LogP contribution in [0.25, 0.3) is 0 Å². The molecular weight excluding hydrogens is 246 g/mol. The topological polar surface area (TPSA) is 88.3 Å². The number of anilines is 1. The number of aliphatic hydroxyl groups excluding tert-OH is 1. The molecule has 0 atom stereocenters. The van der Waals surface area contributed by atoms with E-state index in [9.17, 15) is 15.2 Å². The fourth-order valence-corrected chi connectivity index (χ4v) is 2.42. The van der Waals surface area contributed by atoms with Crippen LogP contribution in [0, 0.1) is 23.0 Å². The summed E-state index contributed by atoms with van der Waals surface area (Å²) in [6.07, 6.45) is 3.36. The molecule has 1 aromatic heterocycles. The van der Waals surface area contributed by atoms with E-state index >= 15 is 0 Å². The van der Waals surface area contributed by atoms with Crippen molar-refractivity contribution in [3.63, 3.8) is 0 Å². The third-order valence-corrected chi connectivity index (χ3v) is 3.58. The Balaban J connectivity index is 1.98. The van der Waals surface area contributed by atoms with Gasteiger partial charge in [-0.25, -0.2) is 4.98 Å². The molecule has 0 amide bonds. The Labute approximate surface area is 112 Å². The lowest BCUT2D eigenvalue weighted by Gasteiger charge is -2.25. The van der Waals surface area contributed by atoms with Crippen molar-refractivity contribution in [1.82, 2.24) is 4.98 Å². The Morgan fingerprint density at radius 3 is 2.74 bits per heavy atom. The summed E-state index contributed by atoms with van der Waals surface area (Å²) in [4.78, 5) is 14.7. The first-order chi connectivity index (χ1) is 9.06. The molecule has 1 aromatic rings. The second-order valence-electron chi connectivity index (χ2n) is 5.13. The Morgan fingerprint density at radius 1 is 1.42 bits per heavy atom. The molecule has 19 heavy (non-hydrogen) atoms. The van der Waals surface area contributed by atoms with E-state index < -0.39 is 4.92 Å². The highest BCUT2D eigenvalue weighted by Crippen LogP contribution is 2.26. The molecule has 1 heterocycles. The lowest BCUT2D eigenvalue weighted by atomic mass is 9.87. The fourth-order valence-electron chi connectivity index (χ4n) is 2.42. The van der Waals surface area contributed by atoms with Crippen molar-refractivity contribution in [2.75, 3.05) is 11.9 Å². The van der Waals surface area contributed by atoms with E-state index in [-0.39, 0.29) is 11.8 Å². The number of nitrogens with one attached hydrogen (secondary N) is 1. The molecule has 2 N–H and O–H groups in total. The maximum atomic E-state index is 10.9. The molecule has 104 valence electrons. The number of hydrogen-bond acceptors (Lipinski definition) is 5. The first-order valence-corrected chi connectivity index (χ1v) is 6.60. The maximum absolute atomic E-state index is 10.9. The van der Waals surface area contributed by atoms with Gasteiger partial charge in [0.25, 0.3) is 0 Å². The number of aryl methyl sites for hydroxylation is 1. The molecule has 0 unspecified atom stereocenters. The summed E-state index contributed by atoms with van der Waals surface area (Å²) in [7, 11) is 0. The summed E-state index contributed by atoms with van der Waals surface area (Å²) in [6, 6.07) is 3.12. The van der Waals surface area contributed by atoms with Crippen LogP contribution in [-0.2, 0) is 0 Å². The van der Waals surface area contributed by atoms with Crippen molar-refractivity contribution < 1.29 is 10.0 Å². The summed E-state index contributed by atoms with van der Waals surface area (Å²) >= 11 is 0. The highest BCUT2D eigenvalue weighted by Gasteiger charge is 2.21. The van der Waals surface area contributed by atoms with E-state index in [2.05, 4.69) is 10.3 Å². The van der Waals surface area contributed by atoms with Crippen molar-refractivity contribution >= 4 is 11.5 Å². The fraction of sp³-hybridized carbons (Fsp3) is 0.615. The van der Waals surface area contributed by atoms with Gasteiger partial charge >= 0.3 is 5.69 Å². The Hall–Kier alpha value is -1.69. The minimum absolute atomic E-state index is 0.0152. The number of aliphatic hydroxyl groups is 1. The maximum Gasteiger partial charge on any atom is 0.311 e. The predicted octanol–water partition coefficient (Wildman–Crippen LogP) is 2.26. The SMILES string of the molecule is Cc1ccc([N+](=O)[O-])c(NCC2CCC(O)CC2)n1. The molecular formula is C13H19N3O3. The van der Waals surface area contributed by atoms with Crippen LogP contribution in [-0.4, -0.2) is 27.7 Å². The van der Waals surface area contributed by atoms with E-state index in [0.29, 0.717) is 18.3 Å². The van der Waals surface area contributed by atoms with E-state index in [0.717, 1.165) is 31.4 Å². The Kier molecular flexibility index (Phi) is 4.31. The zero-order chi connectivity index (χ0) is 13.8. The molecule has 0 saturated heterocycles. The summed E-state index contributed by atoms with van der Waals surface area (Å²) < 4.78 is 0. The monoisotopic (exact) mass is 265 g/mol. The molecule has 1 aliphatic carbocycles. The van der Waals surface area contributed by atoms with Crippen molar-refractivity contribution in [3.8, 4) is 0 Å². The van der Waals surface area contributed by atoms with E-state index in [4.69, 9.17) is 0 Å². The molecule has 6 nitrogen and oxygen atoms in total. The van der Waals surface area contributed by atoms with Crippen LogP contribution in [0.4, 0.5) is 11.5 Å². The number of rotatable bonds is 4. The normalized spacial score (nSPS) is 23.1. The summed E-state index contributed by atoms with van der Waals surface area (Å²) in [5.41, 5.74) is 0.772. The van der Waals surface area contributed by atoms with Crippen LogP contribution < -0.4 is 5.32 Å². The van der Waals surface area contributed by atoms with Gasteiger partial charge in [0.1, 0.15) is 0 Å². The van der Waals surface area contributed by atoms with Crippen LogP contribution in [0.3, 0.4) is 0 Å². The summed E-state index contributed by atoms with van der Waals surface area (Å²) in [5.74, 6) is 0.793. The molecule has 0 aliphatic heterocycles. The van der Waals surface area contributed by atoms with Gasteiger partial charge in [0, 0.05) is 18.3 Å². The van der Waals surface area contributed by atoms with Crippen LogP contribution in [0.15, 0.2) is 12.1 Å². The minimum Gasteiger partial charge on any atom is -0.393 e. The molecule has 0 aromatic carbocycles. The van der Waals surface area contributed by atoms with Gasteiger partial charge in [0.2, 0.25) is 5.82 Å². The Bertz CT molecular complexity index is 456. The van der Waals surface area contributed by atoms with Gasteiger partial charge in [-0.1, -0.05) is 0 Å². The molecule has 0 bridgehead atoms. The molecule has 1 aliphatic rings. The zero-order valence-corrected chi connectivity index (χ0v) is 11.0. The van der Waals surface area contributed by atoms with E-state index in [1.54, 1.807) is 6.07 Å². The van der Waals surface area contributed by atoms with Crippen molar-refractivity contribution in [2.24, 2.45) is 5.92 Å².